The number of benzene rings is 2. The average Bonchev–Trinajstić information content (AvgIpc) is 2.68. The summed E-state index contributed by atoms with van der Waals surface area (Å²) in [7, 11) is -1.96. The van der Waals surface area contributed by atoms with Crippen LogP contribution in [0.3, 0.4) is 0 Å². The minimum absolute atomic E-state index is 0.234. The largest absolute Gasteiger partial charge is 0.497 e. The van der Waals surface area contributed by atoms with Crippen molar-refractivity contribution >= 4 is 27.2 Å². The number of nitrogens with one attached hydrogen (secondary N) is 1. The van der Waals surface area contributed by atoms with Gasteiger partial charge in [-0.1, -0.05) is 12.1 Å². The summed E-state index contributed by atoms with van der Waals surface area (Å²) in [6, 6.07) is 14.9. The number of anilines is 2. The molecule has 1 saturated heterocycles. The molecule has 0 bridgehead atoms. The van der Waals surface area contributed by atoms with Crippen molar-refractivity contribution < 1.29 is 13.2 Å². The number of ether oxygens (including phenoxy) is 1. The topological polar surface area (TPSA) is 74.2 Å². The van der Waals surface area contributed by atoms with Crippen LogP contribution < -0.4 is 15.0 Å². The Morgan fingerprint density at radius 1 is 1.04 bits per heavy atom. The van der Waals surface area contributed by atoms with E-state index in [1.54, 1.807) is 25.3 Å². The molecule has 2 aromatic rings. The van der Waals surface area contributed by atoms with E-state index in [2.05, 4.69) is 31.6 Å². The number of hydrogen-bond acceptors (Lipinski definition) is 6. The fourth-order valence-electron chi connectivity index (χ4n) is 3.40. The molecule has 2 heterocycles. The first-order valence-corrected chi connectivity index (χ1v) is 10.3. The molecule has 0 spiro atoms. The van der Waals surface area contributed by atoms with Gasteiger partial charge in [-0.25, -0.2) is 0 Å². The van der Waals surface area contributed by atoms with Crippen LogP contribution in [0.25, 0.3) is 0 Å². The zero-order valence-electron chi connectivity index (χ0n) is 15.1. The second-order valence-corrected chi connectivity index (χ2v) is 8.17. The monoisotopic (exact) mass is 386 g/mol. The molecular weight excluding hydrogens is 364 g/mol. The highest BCUT2D eigenvalue weighted by molar-refractivity contribution is 7.90. The van der Waals surface area contributed by atoms with Crippen molar-refractivity contribution in [2.45, 2.75) is 4.90 Å². The number of hydrogen-bond donors (Lipinski definition) is 1. The zero-order valence-corrected chi connectivity index (χ0v) is 15.9. The van der Waals surface area contributed by atoms with Gasteiger partial charge in [0.2, 0.25) is 0 Å². The minimum Gasteiger partial charge on any atom is -0.497 e. The lowest BCUT2D eigenvalue weighted by atomic mass is 10.2. The van der Waals surface area contributed by atoms with Gasteiger partial charge in [0.15, 0.2) is 0 Å². The molecule has 0 saturated carbocycles. The summed E-state index contributed by atoms with van der Waals surface area (Å²) in [4.78, 5) is 4.77. The Morgan fingerprint density at radius 2 is 1.74 bits per heavy atom. The molecule has 0 amide bonds. The van der Waals surface area contributed by atoms with Crippen LogP contribution in [0.15, 0.2) is 57.8 Å². The number of sulfonamides is 1. The highest BCUT2D eigenvalue weighted by atomic mass is 32.2. The predicted molar refractivity (Wildman–Crippen MR) is 106 cm³/mol. The lowest BCUT2D eigenvalue weighted by molar-refractivity contribution is 0.291. The van der Waals surface area contributed by atoms with Crippen LogP contribution in [0, 0.1) is 0 Å². The zero-order chi connectivity index (χ0) is 18.9. The standard InChI is InChI=1S/C19H22N4O3S/c1-26-16-8-6-15(7-9-16)23-12-10-22(11-13-23)14-19-20-17-4-2-3-5-18(17)27(24,25)21-19/h2-9H,10-14H2,1H3,(H,20,21). The summed E-state index contributed by atoms with van der Waals surface area (Å²) in [5, 5.41) is 3.16. The third-order valence-electron chi connectivity index (χ3n) is 4.86. The van der Waals surface area contributed by atoms with Crippen LogP contribution in [0.1, 0.15) is 0 Å². The molecule has 1 fully saturated rings. The summed E-state index contributed by atoms with van der Waals surface area (Å²) >= 11 is 0. The summed E-state index contributed by atoms with van der Waals surface area (Å²) in [5.74, 6) is 1.33. The van der Waals surface area contributed by atoms with E-state index in [0.29, 0.717) is 18.1 Å². The molecule has 2 aliphatic rings. The van der Waals surface area contributed by atoms with Crippen molar-refractivity contribution in [2.75, 3.05) is 50.1 Å². The van der Waals surface area contributed by atoms with E-state index in [9.17, 15) is 8.42 Å². The molecule has 142 valence electrons. The van der Waals surface area contributed by atoms with Gasteiger partial charge in [0.1, 0.15) is 16.5 Å². The highest BCUT2D eigenvalue weighted by Crippen LogP contribution is 2.27. The van der Waals surface area contributed by atoms with Crippen molar-refractivity contribution in [3.05, 3.63) is 48.5 Å². The third-order valence-corrected chi connectivity index (χ3v) is 6.23. The molecule has 0 aliphatic carbocycles. The number of fused-ring (bicyclic) bond motifs is 1. The Morgan fingerprint density at radius 3 is 2.44 bits per heavy atom. The van der Waals surface area contributed by atoms with Crippen LogP contribution in [-0.2, 0) is 10.0 Å². The second-order valence-electron chi connectivity index (χ2n) is 6.60. The number of rotatable bonds is 4. The maximum atomic E-state index is 12.3. The molecule has 0 atom stereocenters. The number of nitrogens with zero attached hydrogens (tertiary/aromatic N) is 3. The number of methoxy groups -OCH3 is 1. The van der Waals surface area contributed by atoms with Gasteiger partial charge in [0.25, 0.3) is 10.0 Å². The van der Waals surface area contributed by atoms with E-state index < -0.39 is 10.0 Å². The van der Waals surface area contributed by atoms with Gasteiger partial charge in [0.05, 0.1) is 19.3 Å². The van der Waals surface area contributed by atoms with E-state index >= 15 is 0 Å². The molecule has 0 unspecified atom stereocenters. The SMILES string of the molecule is COc1ccc(N2CCN(CC3=NS(=O)(=O)c4ccccc4N3)CC2)cc1. The highest BCUT2D eigenvalue weighted by Gasteiger charge is 2.26. The fourth-order valence-corrected chi connectivity index (χ4v) is 4.54. The minimum atomic E-state index is -3.63. The molecule has 8 heteroatoms. The fraction of sp³-hybridized carbons (Fsp3) is 0.316. The van der Waals surface area contributed by atoms with Gasteiger partial charge in [-0.15, -0.1) is 4.40 Å². The lowest BCUT2D eigenvalue weighted by Gasteiger charge is -2.36. The number of para-hydroxylation sites is 1. The van der Waals surface area contributed by atoms with Crippen molar-refractivity contribution in [1.82, 2.24) is 4.90 Å². The van der Waals surface area contributed by atoms with Crippen LogP contribution in [0.2, 0.25) is 0 Å². The first kappa shape index (κ1) is 17.8. The second kappa shape index (κ2) is 7.21. The smallest absolute Gasteiger partial charge is 0.286 e. The van der Waals surface area contributed by atoms with Gasteiger partial charge < -0.3 is 15.0 Å². The van der Waals surface area contributed by atoms with E-state index in [4.69, 9.17) is 4.74 Å². The average molecular weight is 386 g/mol. The molecule has 2 aliphatic heterocycles. The Hall–Kier alpha value is -2.58. The Kier molecular flexibility index (Phi) is 4.75. The summed E-state index contributed by atoms with van der Waals surface area (Å²) in [6.45, 7) is 3.93. The van der Waals surface area contributed by atoms with Crippen molar-refractivity contribution in [2.24, 2.45) is 4.40 Å². The molecule has 1 N–H and O–H groups in total. The van der Waals surface area contributed by atoms with E-state index in [-0.39, 0.29) is 4.90 Å². The molecular formula is C19H22N4O3S. The third kappa shape index (κ3) is 3.77. The summed E-state index contributed by atoms with van der Waals surface area (Å²) in [6.07, 6.45) is 0. The molecule has 0 radical (unpaired) electrons. The van der Waals surface area contributed by atoms with Crippen LogP contribution in [0.5, 0.6) is 5.75 Å². The van der Waals surface area contributed by atoms with Gasteiger partial charge in [0, 0.05) is 31.9 Å². The number of amidine groups is 1. The van der Waals surface area contributed by atoms with E-state index in [1.807, 2.05) is 18.2 Å². The molecule has 0 aromatic heterocycles. The van der Waals surface area contributed by atoms with Gasteiger partial charge in [-0.2, -0.15) is 8.42 Å². The Balaban J connectivity index is 1.39. The quantitative estimate of drug-likeness (QED) is 0.867. The first-order valence-electron chi connectivity index (χ1n) is 8.86. The lowest BCUT2D eigenvalue weighted by Crippen LogP contribution is -2.49. The normalized spacial score (nSPS) is 19.0. The van der Waals surface area contributed by atoms with E-state index in [1.165, 1.54) is 5.69 Å². The van der Waals surface area contributed by atoms with E-state index in [0.717, 1.165) is 31.9 Å². The number of piperazine rings is 1. The van der Waals surface area contributed by atoms with Gasteiger partial charge in [-0.3, -0.25) is 4.90 Å². The maximum absolute atomic E-state index is 12.3. The van der Waals surface area contributed by atoms with Crippen molar-refractivity contribution in [1.29, 1.82) is 0 Å². The Labute approximate surface area is 159 Å². The molecule has 2 aromatic carbocycles. The molecule has 27 heavy (non-hydrogen) atoms. The molecule has 7 nitrogen and oxygen atoms in total. The molecule has 4 rings (SSSR count). The van der Waals surface area contributed by atoms with Gasteiger partial charge in [-0.05, 0) is 36.4 Å². The summed E-state index contributed by atoms with van der Waals surface area (Å²) in [5.41, 5.74) is 1.76. The Bertz CT molecular complexity index is 949. The van der Waals surface area contributed by atoms with Crippen LogP contribution in [-0.4, -0.2) is 59.0 Å². The predicted octanol–water partition coefficient (Wildman–Crippen LogP) is 2.03. The van der Waals surface area contributed by atoms with Crippen LogP contribution >= 0.6 is 0 Å². The summed E-state index contributed by atoms with van der Waals surface area (Å²) < 4.78 is 33.9. The first-order chi connectivity index (χ1) is 13.0. The van der Waals surface area contributed by atoms with Crippen LogP contribution in [0.4, 0.5) is 11.4 Å². The maximum Gasteiger partial charge on any atom is 0.286 e. The van der Waals surface area contributed by atoms with Crippen molar-refractivity contribution in [3.8, 4) is 5.75 Å². The van der Waals surface area contributed by atoms with Crippen molar-refractivity contribution in [3.63, 3.8) is 0 Å². The van der Waals surface area contributed by atoms with Gasteiger partial charge >= 0.3 is 0 Å².